The van der Waals surface area contributed by atoms with Crippen molar-refractivity contribution in [2.75, 3.05) is 7.11 Å². The lowest BCUT2D eigenvalue weighted by atomic mass is 9.99. The van der Waals surface area contributed by atoms with Crippen LogP contribution in [0.25, 0.3) is 0 Å². The van der Waals surface area contributed by atoms with E-state index in [-0.39, 0.29) is 6.04 Å². The van der Waals surface area contributed by atoms with Crippen molar-refractivity contribution in [2.45, 2.75) is 12.5 Å². The lowest BCUT2D eigenvalue weighted by molar-refractivity contribution is 0.414. The van der Waals surface area contributed by atoms with E-state index in [0.717, 1.165) is 16.9 Å². The van der Waals surface area contributed by atoms with Crippen molar-refractivity contribution in [3.8, 4) is 5.75 Å². The molecule has 0 heterocycles. The monoisotopic (exact) mass is 310 g/mol. The zero-order chi connectivity index (χ0) is 14.5. The standard InChI is InChI=1S/C15H16Cl2N2O/c1-20-11-5-2-4-10(8-11)9-14(19-18)12-6-3-7-13(16)15(12)17/h2-8,14,19H,9,18H2,1H3. The maximum absolute atomic E-state index is 6.24. The van der Waals surface area contributed by atoms with Crippen LogP contribution in [0.15, 0.2) is 42.5 Å². The number of benzene rings is 2. The van der Waals surface area contributed by atoms with E-state index in [0.29, 0.717) is 16.5 Å². The van der Waals surface area contributed by atoms with Gasteiger partial charge in [0.05, 0.1) is 23.2 Å². The van der Waals surface area contributed by atoms with Crippen molar-refractivity contribution in [1.29, 1.82) is 0 Å². The normalized spacial score (nSPS) is 12.2. The molecule has 0 saturated carbocycles. The van der Waals surface area contributed by atoms with Crippen LogP contribution in [-0.4, -0.2) is 7.11 Å². The highest BCUT2D eigenvalue weighted by Gasteiger charge is 2.15. The number of methoxy groups -OCH3 is 1. The second kappa shape index (κ2) is 6.95. The number of halogens is 2. The molecule has 2 aromatic carbocycles. The minimum absolute atomic E-state index is 0.117. The summed E-state index contributed by atoms with van der Waals surface area (Å²) in [6.07, 6.45) is 0.688. The van der Waals surface area contributed by atoms with Crippen LogP contribution >= 0.6 is 23.2 Å². The zero-order valence-corrected chi connectivity index (χ0v) is 12.6. The first-order chi connectivity index (χ1) is 9.65. The van der Waals surface area contributed by atoms with Gasteiger partial charge in [-0.25, -0.2) is 0 Å². The fourth-order valence-corrected chi connectivity index (χ4v) is 2.52. The molecular weight excluding hydrogens is 295 g/mol. The molecule has 106 valence electrons. The molecule has 2 aromatic rings. The first-order valence-corrected chi connectivity index (χ1v) is 6.94. The van der Waals surface area contributed by atoms with E-state index < -0.39 is 0 Å². The fraction of sp³-hybridized carbons (Fsp3) is 0.200. The largest absolute Gasteiger partial charge is 0.497 e. The van der Waals surface area contributed by atoms with Crippen LogP contribution in [0.1, 0.15) is 17.2 Å². The predicted octanol–water partition coefficient (Wildman–Crippen LogP) is 3.75. The van der Waals surface area contributed by atoms with Gasteiger partial charge in [-0.1, -0.05) is 47.5 Å². The minimum atomic E-state index is -0.117. The quantitative estimate of drug-likeness (QED) is 0.653. The van der Waals surface area contributed by atoms with Gasteiger partial charge in [-0.15, -0.1) is 0 Å². The summed E-state index contributed by atoms with van der Waals surface area (Å²) in [5.41, 5.74) is 4.77. The number of hydrazine groups is 1. The van der Waals surface area contributed by atoms with Gasteiger partial charge in [-0.3, -0.25) is 11.3 Å². The van der Waals surface area contributed by atoms with E-state index in [1.54, 1.807) is 13.2 Å². The molecule has 0 spiro atoms. The Labute approximate surface area is 128 Å². The Kier molecular flexibility index (Phi) is 5.26. The van der Waals surface area contributed by atoms with Crippen molar-refractivity contribution in [3.63, 3.8) is 0 Å². The maximum Gasteiger partial charge on any atom is 0.119 e. The third-order valence-corrected chi connectivity index (χ3v) is 3.97. The van der Waals surface area contributed by atoms with Gasteiger partial charge in [-0.2, -0.15) is 0 Å². The Bertz CT molecular complexity index is 590. The van der Waals surface area contributed by atoms with Gasteiger partial charge in [0.1, 0.15) is 5.75 Å². The second-order valence-corrected chi connectivity index (χ2v) is 5.20. The molecule has 2 rings (SSSR count). The molecule has 0 aliphatic heterocycles. The van der Waals surface area contributed by atoms with Crippen molar-refractivity contribution >= 4 is 23.2 Å². The lowest BCUT2D eigenvalue weighted by Gasteiger charge is -2.18. The highest BCUT2D eigenvalue weighted by molar-refractivity contribution is 6.42. The molecule has 5 heteroatoms. The first kappa shape index (κ1) is 15.1. The van der Waals surface area contributed by atoms with Gasteiger partial charge in [-0.05, 0) is 35.7 Å². The van der Waals surface area contributed by atoms with Crippen LogP contribution in [0, 0.1) is 0 Å². The van der Waals surface area contributed by atoms with Crippen LogP contribution < -0.4 is 16.0 Å². The first-order valence-electron chi connectivity index (χ1n) is 6.18. The molecule has 0 fully saturated rings. The molecule has 0 bridgehead atoms. The number of hydrogen-bond acceptors (Lipinski definition) is 3. The molecule has 0 amide bonds. The minimum Gasteiger partial charge on any atom is -0.497 e. The molecule has 0 radical (unpaired) electrons. The Balaban J connectivity index is 2.26. The van der Waals surface area contributed by atoms with Gasteiger partial charge in [0.15, 0.2) is 0 Å². The van der Waals surface area contributed by atoms with E-state index in [4.69, 9.17) is 33.8 Å². The topological polar surface area (TPSA) is 47.3 Å². The van der Waals surface area contributed by atoms with E-state index >= 15 is 0 Å². The molecule has 0 aliphatic rings. The molecular formula is C15H16Cl2N2O. The third kappa shape index (κ3) is 3.44. The van der Waals surface area contributed by atoms with Gasteiger partial charge in [0.2, 0.25) is 0 Å². The summed E-state index contributed by atoms with van der Waals surface area (Å²) in [7, 11) is 1.64. The number of nitrogens with two attached hydrogens (primary N) is 1. The summed E-state index contributed by atoms with van der Waals surface area (Å²) in [6, 6.07) is 13.3. The maximum atomic E-state index is 6.24. The average molecular weight is 311 g/mol. The Morgan fingerprint density at radius 1 is 1.20 bits per heavy atom. The SMILES string of the molecule is COc1cccc(CC(NN)c2cccc(Cl)c2Cl)c1. The predicted molar refractivity (Wildman–Crippen MR) is 83.2 cm³/mol. The Hall–Kier alpha value is -1.26. The molecule has 1 atom stereocenters. The summed E-state index contributed by atoms with van der Waals surface area (Å²) in [5.74, 6) is 6.47. The summed E-state index contributed by atoms with van der Waals surface area (Å²) in [6.45, 7) is 0. The van der Waals surface area contributed by atoms with E-state index in [9.17, 15) is 0 Å². The van der Waals surface area contributed by atoms with Crippen molar-refractivity contribution < 1.29 is 4.74 Å². The summed E-state index contributed by atoms with van der Waals surface area (Å²) in [5, 5.41) is 1.05. The summed E-state index contributed by atoms with van der Waals surface area (Å²) >= 11 is 12.3. The molecule has 0 aliphatic carbocycles. The molecule has 3 N–H and O–H groups in total. The molecule has 20 heavy (non-hydrogen) atoms. The van der Waals surface area contributed by atoms with Crippen molar-refractivity contribution in [1.82, 2.24) is 5.43 Å². The smallest absolute Gasteiger partial charge is 0.119 e. The van der Waals surface area contributed by atoms with Crippen LogP contribution in [0.3, 0.4) is 0 Å². The van der Waals surface area contributed by atoms with Crippen molar-refractivity contribution in [2.24, 2.45) is 5.84 Å². The third-order valence-electron chi connectivity index (χ3n) is 3.13. The van der Waals surface area contributed by atoms with E-state index in [1.165, 1.54) is 0 Å². The van der Waals surface area contributed by atoms with Crippen LogP contribution in [-0.2, 0) is 6.42 Å². The summed E-state index contributed by atoms with van der Waals surface area (Å²) in [4.78, 5) is 0. The fourth-order valence-electron chi connectivity index (χ4n) is 2.08. The Morgan fingerprint density at radius 3 is 2.65 bits per heavy atom. The van der Waals surface area contributed by atoms with Crippen LogP contribution in [0.5, 0.6) is 5.75 Å². The average Bonchev–Trinajstić information content (AvgIpc) is 2.48. The number of ether oxygens (including phenoxy) is 1. The van der Waals surface area contributed by atoms with Crippen molar-refractivity contribution in [3.05, 3.63) is 63.6 Å². The van der Waals surface area contributed by atoms with Gasteiger partial charge in [0, 0.05) is 0 Å². The highest BCUT2D eigenvalue weighted by Crippen LogP contribution is 2.31. The van der Waals surface area contributed by atoms with Gasteiger partial charge >= 0.3 is 0 Å². The van der Waals surface area contributed by atoms with Crippen LogP contribution in [0.4, 0.5) is 0 Å². The van der Waals surface area contributed by atoms with E-state index in [2.05, 4.69) is 5.43 Å². The Morgan fingerprint density at radius 2 is 1.95 bits per heavy atom. The molecule has 0 saturated heterocycles. The number of hydrogen-bond donors (Lipinski definition) is 2. The van der Waals surface area contributed by atoms with E-state index in [1.807, 2.05) is 36.4 Å². The number of nitrogens with one attached hydrogen (secondary N) is 1. The second-order valence-electron chi connectivity index (χ2n) is 4.42. The summed E-state index contributed by atoms with van der Waals surface area (Å²) < 4.78 is 5.22. The van der Waals surface area contributed by atoms with Gasteiger partial charge in [0.25, 0.3) is 0 Å². The highest BCUT2D eigenvalue weighted by atomic mass is 35.5. The van der Waals surface area contributed by atoms with Gasteiger partial charge < -0.3 is 4.74 Å². The lowest BCUT2D eigenvalue weighted by Crippen LogP contribution is -2.29. The molecule has 0 aromatic heterocycles. The number of rotatable bonds is 5. The molecule has 1 unspecified atom stereocenters. The zero-order valence-electron chi connectivity index (χ0n) is 11.1. The van der Waals surface area contributed by atoms with Crippen LogP contribution in [0.2, 0.25) is 10.0 Å². The molecule has 3 nitrogen and oxygen atoms in total.